The van der Waals surface area contributed by atoms with Gasteiger partial charge in [0.05, 0.1) is 16.8 Å². The zero-order chi connectivity index (χ0) is 31.6. The van der Waals surface area contributed by atoms with E-state index < -0.39 is 24.6 Å². The van der Waals surface area contributed by atoms with Gasteiger partial charge in [0.2, 0.25) is 0 Å². The SMILES string of the molecule is CCCCC(C)C(C)(CCCC)OP(=O)(OC(C)(CCCC)C(C)CCCC)OC(C)(CCCC)C(C)CCCC. The number of hydrogen-bond donors (Lipinski definition) is 0. The molecule has 5 heteroatoms. The fourth-order valence-electron chi connectivity index (χ4n) is 6.00. The van der Waals surface area contributed by atoms with Crippen LogP contribution in [0.5, 0.6) is 0 Å². The molecule has 0 aromatic heterocycles. The van der Waals surface area contributed by atoms with Crippen molar-refractivity contribution in [2.24, 2.45) is 17.8 Å². The largest absolute Gasteiger partial charge is 0.476 e. The summed E-state index contributed by atoms with van der Waals surface area (Å²) in [5.41, 5.74) is -1.72. The fraction of sp³-hybridized carbons (Fsp3) is 1.00. The normalized spacial score (nSPS) is 20.4. The van der Waals surface area contributed by atoms with Crippen molar-refractivity contribution in [3.05, 3.63) is 0 Å². The van der Waals surface area contributed by atoms with Gasteiger partial charge >= 0.3 is 7.82 Å². The van der Waals surface area contributed by atoms with Crippen molar-refractivity contribution in [3.8, 4) is 0 Å². The van der Waals surface area contributed by atoms with E-state index in [-0.39, 0.29) is 17.8 Å². The molecule has 0 heterocycles. The van der Waals surface area contributed by atoms with Crippen LogP contribution in [-0.4, -0.2) is 16.8 Å². The predicted octanol–water partition coefficient (Wildman–Crippen LogP) is 13.5. The Morgan fingerprint density at radius 3 is 0.878 bits per heavy atom. The first-order valence-corrected chi connectivity index (χ1v) is 19.4. The highest BCUT2D eigenvalue weighted by Crippen LogP contribution is 2.63. The van der Waals surface area contributed by atoms with Crippen LogP contribution < -0.4 is 0 Å². The van der Waals surface area contributed by atoms with E-state index in [4.69, 9.17) is 13.6 Å². The Hall–Kier alpha value is 0.110. The highest BCUT2D eigenvalue weighted by molar-refractivity contribution is 7.48. The smallest absolute Gasteiger partial charge is 0.280 e. The maximum atomic E-state index is 15.4. The first-order chi connectivity index (χ1) is 19.2. The van der Waals surface area contributed by atoms with Gasteiger partial charge in [0.15, 0.2) is 0 Å². The third-order valence-corrected chi connectivity index (χ3v) is 12.1. The Balaban J connectivity index is 6.85. The zero-order valence-electron chi connectivity index (χ0n) is 30.0. The van der Waals surface area contributed by atoms with E-state index in [1.54, 1.807) is 0 Å². The van der Waals surface area contributed by atoms with E-state index >= 15 is 4.57 Å². The van der Waals surface area contributed by atoms with E-state index in [0.717, 1.165) is 116 Å². The van der Waals surface area contributed by atoms with Gasteiger partial charge < -0.3 is 0 Å². The second-order valence-corrected chi connectivity index (χ2v) is 15.5. The quantitative estimate of drug-likeness (QED) is 0.0877. The second kappa shape index (κ2) is 21.0. The summed E-state index contributed by atoms with van der Waals surface area (Å²) in [6, 6.07) is 0. The number of phosphoric acid groups is 1. The average molecular weight is 603 g/mol. The van der Waals surface area contributed by atoms with Crippen LogP contribution in [0.25, 0.3) is 0 Å². The van der Waals surface area contributed by atoms with Crippen molar-refractivity contribution in [2.45, 2.75) is 215 Å². The summed E-state index contributed by atoms with van der Waals surface area (Å²) < 4.78 is 36.3. The molecule has 41 heavy (non-hydrogen) atoms. The highest BCUT2D eigenvalue weighted by atomic mass is 31.2. The van der Waals surface area contributed by atoms with E-state index in [1.165, 1.54) is 0 Å². The molecule has 0 radical (unpaired) electrons. The number of rotatable bonds is 27. The van der Waals surface area contributed by atoms with E-state index in [9.17, 15) is 0 Å². The van der Waals surface area contributed by atoms with Crippen LogP contribution >= 0.6 is 7.82 Å². The fourth-order valence-corrected chi connectivity index (χ4v) is 8.46. The summed E-state index contributed by atoms with van der Waals surface area (Å²) in [5, 5.41) is 0. The molecule has 0 fully saturated rings. The van der Waals surface area contributed by atoms with Crippen LogP contribution in [0.1, 0.15) is 199 Å². The summed E-state index contributed by atoms with van der Waals surface area (Å²) in [5.74, 6) is 0.773. The zero-order valence-corrected chi connectivity index (χ0v) is 30.9. The summed E-state index contributed by atoms with van der Waals surface area (Å²) in [4.78, 5) is 0. The van der Waals surface area contributed by atoms with Gasteiger partial charge in [-0.1, -0.05) is 139 Å². The topological polar surface area (TPSA) is 44.8 Å². The molecule has 0 aliphatic rings. The Kier molecular flexibility index (Phi) is 21.0. The van der Waals surface area contributed by atoms with E-state index in [1.807, 2.05) is 0 Å². The molecule has 0 aliphatic heterocycles. The lowest BCUT2D eigenvalue weighted by Crippen LogP contribution is -2.43. The molecule has 0 aliphatic carbocycles. The Labute approximate surface area is 258 Å². The molecule has 0 spiro atoms. The van der Waals surface area contributed by atoms with Crippen LogP contribution in [0.4, 0.5) is 0 Å². The summed E-state index contributed by atoms with van der Waals surface area (Å²) in [6.07, 6.45) is 18.9. The molecule has 6 unspecified atom stereocenters. The molecule has 0 saturated carbocycles. The van der Waals surface area contributed by atoms with Crippen LogP contribution in [-0.2, 0) is 18.1 Å². The molecule has 4 nitrogen and oxygen atoms in total. The van der Waals surface area contributed by atoms with E-state index in [2.05, 4.69) is 83.1 Å². The number of unbranched alkanes of at least 4 members (excludes halogenated alkanes) is 6. The Morgan fingerprint density at radius 1 is 0.463 bits per heavy atom. The van der Waals surface area contributed by atoms with Gasteiger partial charge in [0.1, 0.15) is 0 Å². The van der Waals surface area contributed by atoms with Gasteiger partial charge in [-0.15, -0.1) is 0 Å². The molecule has 0 aromatic rings. The lowest BCUT2D eigenvalue weighted by Gasteiger charge is -2.46. The van der Waals surface area contributed by atoms with Gasteiger partial charge in [0, 0.05) is 0 Å². The predicted molar refractivity (Wildman–Crippen MR) is 181 cm³/mol. The molecule has 0 aromatic carbocycles. The van der Waals surface area contributed by atoms with Gasteiger partial charge in [-0.3, -0.25) is 13.6 Å². The minimum absolute atomic E-state index is 0.258. The lowest BCUT2D eigenvalue weighted by atomic mass is 9.83. The van der Waals surface area contributed by atoms with Crippen molar-refractivity contribution in [2.75, 3.05) is 0 Å². The van der Waals surface area contributed by atoms with Gasteiger partial charge in [0.25, 0.3) is 0 Å². The molecule has 0 amide bonds. The van der Waals surface area contributed by atoms with Crippen molar-refractivity contribution in [1.29, 1.82) is 0 Å². The van der Waals surface area contributed by atoms with E-state index in [0.29, 0.717) is 0 Å². The van der Waals surface area contributed by atoms with Crippen molar-refractivity contribution < 1.29 is 18.1 Å². The minimum Gasteiger partial charge on any atom is -0.280 e. The van der Waals surface area contributed by atoms with Crippen LogP contribution in [0.15, 0.2) is 0 Å². The number of hydrogen-bond acceptors (Lipinski definition) is 4. The summed E-state index contributed by atoms with van der Waals surface area (Å²) in [7, 11) is -3.96. The molecule has 0 N–H and O–H groups in total. The average Bonchev–Trinajstić information content (AvgIpc) is 2.93. The third-order valence-electron chi connectivity index (χ3n) is 10.1. The molecule has 248 valence electrons. The van der Waals surface area contributed by atoms with Crippen LogP contribution in [0, 0.1) is 17.8 Å². The van der Waals surface area contributed by atoms with Gasteiger partial charge in [-0.2, -0.15) is 0 Å². The maximum Gasteiger partial charge on any atom is 0.476 e. The standard InChI is InChI=1S/C36H75O4P/c1-13-19-25-31(7)34(10,28-22-16-4)38-41(37,39-35(11,29-23-17-5)32(8)26-20-14-2)40-36(12,30-24-18-6)33(9)27-21-15-3/h31-33H,13-30H2,1-12H3. The third kappa shape index (κ3) is 14.6. The molecule has 6 atom stereocenters. The Morgan fingerprint density at radius 2 is 0.683 bits per heavy atom. The molecule has 0 bridgehead atoms. The first-order valence-electron chi connectivity index (χ1n) is 18.0. The van der Waals surface area contributed by atoms with Crippen LogP contribution in [0.3, 0.4) is 0 Å². The lowest BCUT2D eigenvalue weighted by molar-refractivity contribution is -0.101. The van der Waals surface area contributed by atoms with Gasteiger partial charge in [-0.05, 0) is 77.0 Å². The van der Waals surface area contributed by atoms with Crippen molar-refractivity contribution in [1.82, 2.24) is 0 Å². The summed E-state index contributed by atoms with van der Waals surface area (Å²) in [6.45, 7) is 26.7. The highest BCUT2D eigenvalue weighted by Gasteiger charge is 2.50. The molecular formula is C36H75O4P. The van der Waals surface area contributed by atoms with Crippen molar-refractivity contribution in [3.63, 3.8) is 0 Å². The molecule has 0 rings (SSSR count). The first kappa shape index (κ1) is 41.1. The second-order valence-electron chi connectivity index (χ2n) is 14.1. The summed E-state index contributed by atoms with van der Waals surface area (Å²) >= 11 is 0. The maximum absolute atomic E-state index is 15.4. The number of phosphoric ester groups is 1. The molecule has 0 saturated heterocycles. The minimum atomic E-state index is -3.96. The molecular weight excluding hydrogens is 527 g/mol. The Bertz CT molecular complexity index is 609. The monoisotopic (exact) mass is 603 g/mol. The van der Waals surface area contributed by atoms with Gasteiger partial charge in [-0.25, -0.2) is 4.57 Å². The van der Waals surface area contributed by atoms with Crippen LogP contribution in [0.2, 0.25) is 0 Å². The van der Waals surface area contributed by atoms with Crippen molar-refractivity contribution >= 4 is 7.82 Å².